The summed E-state index contributed by atoms with van der Waals surface area (Å²) in [6.45, 7) is 0. The third-order valence-corrected chi connectivity index (χ3v) is 9.33. The normalized spacial score (nSPS) is 12.1. The molecule has 3 aromatic heterocycles. The zero-order chi connectivity index (χ0) is 32.0. The van der Waals surface area contributed by atoms with E-state index in [1.165, 1.54) is 0 Å². The topological polar surface area (TPSA) is 63.8 Å². The molecule has 1 aliphatic rings. The van der Waals surface area contributed by atoms with Gasteiger partial charge in [-0.25, -0.2) is 9.97 Å². The Labute approximate surface area is 278 Å². The van der Waals surface area contributed by atoms with Gasteiger partial charge in [0.2, 0.25) is 0 Å². The van der Waals surface area contributed by atoms with Crippen LogP contribution in [0.15, 0.2) is 152 Å². The van der Waals surface area contributed by atoms with Crippen LogP contribution in [0.3, 0.4) is 0 Å². The maximum Gasteiger partial charge on any atom is 0.147 e. The van der Waals surface area contributed by atoms with Crippen LogP contribution in [0, 0.1) is 0 Å². The van der Waals surface area contributed by atoms with E-state index < -0.39 is 0 Å². The van der Waals surface area contributed by atoms with Gasteiger partial charge in [-0.1, -0.05) is 121 Å². The van der Waals surface area contributed by atoms with E-state index in [1.54, 1.807) is 6.07 Å². The summed E-state index contributed by atoms with van der Waals surface area (Å²) in [4.78, 5) is 15.2. The van der Waals surface area contributed by atoms with Gasteiger partial charge in [0.1, 0.15) is 17.3 Å². The van der Waals surface area contributed by atoms with E-state index in [0.717, 1.165) is 96.7 Å². The van der Waals surface area contributed by atoms with E-state index in [2.05, 4.69) is 119 Å². The number of imidazole rings is 1. The molecule has 0 spiro atoms. The van der Waals surface area contributed by atoms with Gasteiger partial charge in [0.05, 0.1) is 17.1 Å². The molecule has 0 bridgehead atoms. The molecule has 48 heavy (non-hydrogen) atoms. The smallest absolute Gasteiger partial charge is 0.147 e. The quantitative estimate of drug-likeness (QED) is 0.209. The minimum atomic E-state index is 0.260. The van der Waals surface area contributed by atoms with Crippen LogP contribution in [-0.4, -0.2) is 24.6 Å². The predicted molar refractivity (Wildman–Crippen MR) is 193 cm³/mol. The molecule has 0 unspecified atom stereocenters. The maximum absolute atomic E-state index is 10.9. The Morgan fingerprint density at radius 2 is 1.23 bits per heavy atom. The number of phenols is 1. The molecule has 9 rings (SSSR count). The predicted octanol–water partition coefficient (Wildman–Crippen LogP) is 9.95. The Bertz CT molecular complexity index is 2400. The first-order valence-electron chi connectivity index (χ1n) is 16.2. The summed E-state index contributed by atoms with van der Waals surface area (Å²) in [6.07, 6.45) is 7.67. The van der Waals surface area contributed by atoms with Crippen molar-refractivity contribution in [3.8, 4) is 67.7 Å². The van der Waals surface area contributed by atoms with Crippen molar-refractivity contribution in [2.75, 3.05) is 0 Å². The molecule has 0 amide bonds. The van der Waals surface area contributed by atoms with Gasteiger partial charge in [0.15, 0.2) is 0 Å². The first-order valence-corrected chi connectivity index (χ1v) is 16.2. The fourth-order valence-corrected chi connectivity index (χ4v) is 7.05. The summed E-state index contributed by atoms with van der Waals surface area (Å²) >= 11 is 0. The van der Waals surface area contributed by atoms with Gasteiger partial charge in [-0.2, -0.15) is 0 Å². The molecule has 5 aromatic carbocycles. The highest BCUT2D eigenvalue weighted by molar-refractivity contribution is 5.96. The van der Waals surface area contributed by atoms with E-state index in [0.29, 0.717) is 0 Å². The number of hydrogen-bond acceptors (Lipinski definition) is 4. The molecule has 228 valence electrons. The van der Waals surface area contributed by atoms with Crippen LogP contribution < -0.4 is 0 Å². The molecule has 1 N–H and O–H groups in total. The first-order chi connectivity index (χ1) is 23.7. The van der Waals surface area contributed by atoms with Gasteiger partial charge in [-0.05, 0) is 52.6 Å². The van der Waals surface area contributed by atoms with E-state index in [-0.39, 0.29) is 5.75 Å². The van der Waals surface area contributed by atoms with Crippen LogP contribution in [-0.2, 0) is 12.8 Å². The fourth-order valence-electron chi connectivity index (χ4n) is 7.05. The second-order valence-electron chi connectivity index (χ2n) is 12.2. The Morgan fingerprint density at radius 3 is 2.00 bits per heavy atom. The lowest BCUT2D eigenvalue weighted by molar-refractivity contribution is 0.476. The average molecular weight is 619 g/mol. The zero-order valence-corrected chi connectivity index (χ0v) is 26.1. The zero-order valence-electron chi connectivity index (χ0n) is 26.1. The lowest BCUT2D eigenvalue weighted by Gasteiger charge is -2.20. The van der Waals surface area contributed by atoms with Crippen LogP contribution >= 0.6 is 0 Å². The minimum Gasteiger partial charge on any atom is -0.507 e. The van der Waals surface area contributed by atoms with Gasteiger partial charge in [0, 0.05) is 46.2 Å². The van der Waals surface area contributed by atoms with Crippen molar-refractivity contribution < 1.29 is 5.11 Å². The van der Waals surface area contributed by atoms with Crippen LogP contribution in [0.5, 0.6) is 5.75 Å². The molecule has 5 nitrogen and oxygen atoms in total. The number of hydrogen-bond donors (Lipinski definition) is 1. The van der Waals surface area contributed by atoms with Crippen molar-refractivity contribution in [3.05, 3.63) is 163 Å². The molecule has 5 heteroatoms. The van der Waals surface area contributed by atoms with Gasteiger partial charge >= 0.3 is 0 Å². The lowest BCUT2D eigenvalue weighted by Crippen LogP contribution is -2.06. The van der Waals surface area contributed by atoms with E-state index >= 15 is 0 Å². The number of aromatic nitrogens is 4. The highest BCUT2D eigenvalue weighted by Crippen LogP contribution is 2.42. The number of pyridine rings is 2. The lowest BCUT2D eigenvalue weighted by atomic mass is 9.88. The Morgan fingerprint density at radius 1 is 0.542 bits per heavy atom. The molecular formula is C43H30N4O. The van der Waals surface area contributed by atoms with Crippen LogP contribution in [0.1, 0.15) is 11.1 Å². The molecule has 3 heterocycles. The number of nitrogens with zero attached hydrogens (tertiary/aromatic N) is 4. The van der Waals surface area contributed by atoms with Crippen LogP contribution in [0.4, 0.5) is 0 Å². The van der Waals surface area contributed by atoms with Gasteiger partial charge in [-0.15, -0.1) is 0 Å². The largest absolute Gasteiger partial charge is 0.507 e. The third kappa shape index (κ3) is 4.67. The number of aromatic hydroxyl groups is 1. The summed E-state index contributed by atoms with van der Waals surface area (Å²) in [5.41, 5.74) is 11.7. The van der Waals surface area contributed by atoms with Crippen LogP contribution in [0.2, 0.25) is 0 Å². The van der Waals surface area contributed by atoms with Crippen molar-refractivity contribution in [1.29, 1.82) is 0 Å². The van der Waals surface area contributed by atoms with E-state index in [9.17, 15) is 5.11 Å². The standard InChI is InChI=1S/C43H30N4O/c48-39-20-9-16-30-21-22-31-23-24-37(45-41(31)40(30)39)38-27-47(43(46-38)36-26-44-25-32-15-7-8-17-33(32)36)42-34(28-11-3-1-4-12-28)18-10-19-35(42)29-13-5-2-6-14-29/h1-20,23-27,48H,21-22H2. The minimum absolute atomic E-state index is 0.260. The van der Waals surface area contributed by atoms with Gasteiger partial charge in [-0.3, -0.25) is 9.55 Å². The number of fused-ring (bicyclic) bond motifs is 4. The SMILES string of the molecule is Oc1cccc2c1-c1nc(-c3cn(-c4c(-c5ccccc5)cccc4-c4ccccc4)c(-c4cncc5ccccc45)n3)ccc1CC2. The second kappa shape index (κ2) is 11.5. The molecule has 0 aliphatic heterocycles. The van der Waals surface area contributed by atoms with E-state index in [4.69, 9.17) is 9.97 Å². The van der Waals surface area contributed by atoms with Crippen molar-refractivity contribution in [1.82, 2.24) is 19.5 Å². The number of rotatable bonds is 5. The number of para-hydroxylation sites is 1. The Kier molecular flexibility index (Phi) is 6.68. The summed E-state index contributed by atoms with van der Waals surface area (Å²) in [6, 6.07) is 45.7. The molecule has 0 saturated carbocycles. The van der Waals surface area contributed by atoms with Crippen molar-refractivity contribution >= 4 is 10.8 Å². The van der Waals surface area contributed by atoms with Crippen molar-refractivity contribution in [3.63, 3.8) is 0 Å². The highest BCUT2D eigenvalue weighted by atomic mass is 16.3. The highest BCUT2D eigenvalue weighted by Gasteiger charge is 2.25. The molecule has 1 aliphatic carbocycles. The molecule has 0 radical (unpaired) electrons. The molecule has 8 aromatic rings. The average Bonchev–Trinajstić information content (AvgIpc) is 3.60. The Hall–Kier alpha value is -6.33. The maximum atomic E-state index is 10.9. The van der Waals surface area contributed by atoms with Crippen molar-refractivity contribution in [2.24, 2.45) is 0 Å². The number of phenolic OH excluding ortho intramolecular Hbond substituents is 1. The molecule has 0 saturated heterocycles. The molecule has 0 fully saturated rings. The number of aryl methyl sites for hydroxylation is 2. The fraction of sp³-hybridized carbons (Fsp3) is 0.0465. The van der Waals surface area contributed by atoms with Gasteiger partial charge in [0.25, 0.3) is 0 Å². The van der Waals surface area contributed by atoms with E-state index in [1.807, 2.05) is 36.7 Å². The van der Waals surface area contributed by atoms with Crippen molar-refractivity contribution in [2.45, 2.75) is 12.8 Å². The first kappa shape index (κ1) is 27.9. The second-order valence-corrected chi connectivity index (χ2v) is 12.2. The third-order valence-electron chi connectivity index (χ3n) is 9.33. The monoisotopic (exact) mass is 618 g/mol. The molecular weight excluding hydrogens is 589 g/mol. The summed E-state index contributed by atoms with van der Waals surface area (Å²) < 4.78 is 2.22. The summed E-state index contributed by atoms with van der Waals surface area (Å²) in [5.74, 6) is 1.04. The number of benzene rings is 5. The summed E-state index contributed by atoms with van der Waals surface area (Å²) in [7, 11) is 0. The van der Waals surface area contributed by atoms with Gasteiger partial charge < -0.3 is 5.11 Å². The Balaban J connectivity index is 1.34. The van der Waals surface area contributed by atoms with Crippen LogP contribution in [0.25, 0.3) is 72.7 Å². The summed E-state index contributed by atoms with van der Waals surface area (Å²) in [5, 5.41) is 13.0. The molecule has 0 atom stereocenters.